The largest absolute Gasteiger partial charge is 0.508 e. The molecule has 1 heterocycles. The number of aromatic hydroxyl groups is 1. The van der Waals surface area contributed by atoms with Crippen molar-refractivity contribution in [3.8, 4) is 5.75 Å². The average molecular weight is 254 g/mol. The van der Waals surface area contributed by atoms with Crippen LogP contribution in [0.15, 0.2) is 42.5 Å². The van der Waals surface area contributed by atoms with Gasteiger partial charge in [-0.3, -0.25) is 4.79 Å². The molecule has 0 radical (unpaired) electrons. The predicted molar refractivity (Wildman–Crippen MR) is 69.9 cm³/mol. The van der Waals surface area contributed by atoms with Crippen molar-refractivity contribution < 1.29 is 9.90 Å². The Bertz CT molecular complexity index is 751. The van der Waals surface area contributed by atoms with Crippen LogP contribution in [0.25, 0.3) is 11.0 Å². The fourth-order valence-electron chi connectivity index (χ4n) is 1.81. The maximum absolute atomic E-state index is 12.1. The van der Waals surface area contributed by atoms with Crippen LogP contribution < -0.4 is 5.32 Å². The number of benzene rings is 2. The van der Waals surface area contributed by atoms with Crippen LogP contribution in [0, 0.1) is 0 Å². The van der Waals surface area contributed by atoms with Gasteiger partial charge in [-0.2, -0.15) is 15.4 Å². The molecule has 19 heavy (non-hydrogen) atoms. The summed E-state index contributed by atoms with van der Waals surface area (Å²) in [6, 6.07) is 11.5. The molecule has 0 bridgehead atoms. The summed E-state index contributed by atoms with van der Waals surface area (Å²) in [4.78, 5) is 12.1. The molecule has 6 nitrogen and oxygen atoms in total. The lowest BCUT2D eigenvalue weighted by atomic mass is 10.2. The summed E-state index contributed by atoms with van der Waals surface area (Å²) in [5, 5.41) is 22.5. The van der Waals surface area contributed by atoms with E-state index in [9.17, 15) is 9.90 Å². The van der Waals surface area contributed by atoms with Crippen LogP contribution in [-0.2, 0) is 0 Å². The molecular formula is C13H10N4O2. The average Bonchev–Trinajstić information content (AvgIpc) is 2.88. The molecule has 0 aliphatic heterocycles. The summed E-state index contributed by atoms with van der Waals surface area (Å²) in [6.07, 6.45) is 0. The first-order valence-corrected chi connectivity index (χ1v) is 5.64. The lowest BCUT2D eigenvalue weighted by Gasteiger charge is -2.05. The molecule has 0 spiro atoms. The van der Waals surface area contributed by atoms with Crippen molar-refractivity contribution in [2.75, 3.05) is 5.32 Å². The van der Waals surface area contributed by atoms with Crippen LogP contribution in [0.2, 0.25) is 0 Å². The van der Waals surface area contributed by atoms with Gasteiger partial charge in [0, 0.05) is 5.56 Å². The molecule has 0 saturated carbocycles. The SMILES string of the molecule is O=C(Nc1cccc2n[nH]nc12)c1cccc(O)c1. The van der Waals surface area contributed by atoms with Crippen molar-refractivity contribution in [1.29, 1.82) is 0 Å². The number of hydrogen-bond acceptors (Lipinski definition) is 4. The van der Waals surface area contributed by atoms with Gasteiger partial charge in [0.1, 0.15) is 16.8 Å². The fourth-order valence-corrected chi connectivity index (χ4v) is 1.81. The Hall–Kier alpha value is -2.89. The second-order valence-corrected chi connectivity index (χ2v) is 4.00. The summed E-state index contributed by atoms with van der Waals surface area (Å²) in [5.41, 5.74) is 2.21. The van der Waals surface area contributed by atoms with Gasteiger partial charge >= 0.3 is 0 Å². The first-order chi connectivity index (χ1) is 9.24. The van der Waals surface area contributed by atoms with Gasteiger partial charge in [0.05, 0.1) is 5.69 Å². The zero-order valence-electron chi connectivity index (χ0n) is 9.79. The van der Waals surface area contributed by atoms with E-state index < -0.39 is 0 Å². The second kappa shape index (κ2) is 4.41. The number of aromatic nitrogens is 3. The number of anilines is 1. The van der Waals surface area contributed by atoms with Gasteiger partial charge in [0.2, 0.25) is 0 Å². The molecule has 0 saturated heterocycles. The van der Waals surface area contributed by atoms with Gasteiger partial charge in [0.15, 0.2) is 0 Å². The molecule has 0 aliphatic rings. The number of H-pyrrole nitrogens is 1. The Labute approximate surface area is 108 Å². The minimum absolute atomic E-state index is 0.0484. The summed E-state index contributed by atoms with van der Waals surface area (Å²) >= 11 is 0. The fraction of sp³-hybridized carbons (Fsp3) is 0. The van der Waals surface area contributed by atoms with E-state index in [1.165, 1.54) is 12.1 Å². The number of phenolic OH excluding ortho intramolecular Hbond substituents is 1. The van der Waals surface area contributed by atoms with E-state index in [1.54, 1.807) is 30.3 Å². The van der Waals surface area contributed by atoms with Crippen LogP contribution >= 0.6 is 0 Å². The second-order valence-electron chi connectivity index (χ2n) is 4.00. The number of fused-ring (bicyclic) bond motifs is 1. The minimum atomic E-state index is -0.314. The first-order valence-electron chi connectivity index (χ1n) is 5.64. The van der Waals surface area contributed by atoms with Gasteiger partial charge < -0.3 is 10.4 Å². The van der Waals surface area contributed by atoms with Crippen molar-refractivity contribution in [3.05, 3.63) is 48.0 Å². The molecule has 2 aromatic carbocycles. The van der Waals surface area contributed by atoms with E-state index in [1.807, 2.05) is 0 Å². The van der Waals surface area contributed by atoms with Crippen molar-refractivity contribution in [2.24, 2.45) is 0 Å². The van der Waals surface area contributed by atoms with Gasteiger partial charge in [-0.1, -0.05) is 12.1 Å². The third-order valence-electron chi connectivity index (χ3n) is 2.70. The van der Waals surface area contributed by atoms with E-state index in [0.29, 0.717) is 22.3 Å². The lowest BCUT2D eigenvalue weighted by Crippen LogP contribution is -2.11. The van der Waals surface area contributed by atoms with Gasteiger partial charge in [-0.15, -0.1) is 0 Å². The molecule has 0 atom stereocenters. The number of aromatic amines is 1. The van der Waals surface area contributed by atoms with E-state index in [2.05, 4.69) is 20.7 Å². The Morgan fingerprint density at radius 3 is 2.84 bits per heavy atom. The normalized spacial score (nSPS) is 10.5. The minimum Gasteiger partial charge on any atom is -0.508 e. The van der Waals surface area contributed by atoms with E-state index in [-0.39, 0.29) is 11.7 Å². The van der Waals surface area contributed by atoms with Crippen molar-refractivity contribution in [3.63, 3.8) is 0 Å². The quantitative estimate of drug-likeness (QED) is 0.651. The Morgan fingerprint density at radius 2 is 2.00 bits per heavy atom. The molecule has 1 amide bonds. The van der Waals surface area contributed by atoms with Crippen LogP contribution in [0.1, 0.15) is 10.4 Å². The standard InChI is InChI=1S/C13H10N4O2/c18-9-4-1-3-8(7-9)13(19)14-10-5-2-6-11-12(10)16-17-15-11/h1-7,18H,(H,14,19)(H,15,16,17). The van der Waals surface area contributed by atoms with Crippen molar-refractivity contribution >= 4 is 22.6 Å². The molecule has 0 unspecified atom stereocenters. The van der Waals surface area contributed by atoms with Gasteiger partial charge in [-0.25, -0.2) is 0 Å². The van der Waals surface area contributed by atoms with Crippen LogP contribution in [0.4, 0.5) is 5.69 Å². The number of carbonyl (C=O) groups is 1. The van der Waals surface area contributed by atoms with E-state index in [4.69, 9.17) is 0 Å². The zero-order valence-corrected chi connectivity index (χ0v) is 9.79. The maximum atomic E-state index is 12.1. The number of amides is 1. The number of nitrogens with one attached hydrogen (secondary N) is 2. The summed E-state index contributed by atoms with van der Waals surface area (Å²) in [6.45, 7) is 0. The van der Waals surface area contributed by atoms with E-state index >= 15 is 0 Å². The smallest absolute Gasteiger partial charge is 0.255 e. The summed E-state index contributed by atoms with van der Waals surface area (Å²) in [7, 11) is 0. The molecule has 1 aromatic heterocycles. The summed E-state index contributed by atoms with van der Waals surface area (Å²) in [5.74, 6) is -0.265. The van der Waals surface area contributed by atoms with Crippen LogP contribution in [-0.4, -0.2) is 26.4 Å². The third-order valence-corrected chi connectivity index (χ3v) is 2.70. The number of rotatable bonds is 2. The molecule has 3 rings (SSSR count). The third kappa shape index (κ3) is 2.11. The number of para-hydroxylation sites is 1. The first kappa shape index (κ1) is 11.2. The number of phenols is 1. The molecule has 0 aliphatic carbocycles. The number of hydrogen-bond donors (Lipinski definition) is 3. The van der Waals surface area contributed by atoms with Crippen LogP contribution in [0.3, 0.4) is 0 Å². The predicted octanol–water partition coefficient (Wildman–Crippen LogP) is 1.92. The Balaban J connectivity index is 1.93. The molecular weight excluding hydrogens is 244 g/mol. The Morgan fingerprint density at radius 1 is 1.16 bits per heavy atom. The molecule has 3 N–H and O–H groups in total. The van der Waals surface area contributed by atoms with Crippen molar-refractivity contribution in [2.45, 2.75) is 0 Å². The highest BCUT2D eigenvalue weighted by Gasteiger charge is 2.10. The molecule has 94 valence electrons. The zero-order chi connectivity index (χ0) is 13.2. The Kier molecular flexibility index (Phi) is 2.60. The maximum Gasteiger partial charge on any atom is 0.255 e. The highest BCUT2D eigenvalue weighted by molar-refractivity contribution is 6.08. The number of nitrogens with zero attached hydrogens (tertiary/aromatic N) is 2. The molecule has 6 heteroatoms. The highest BCUT2D eigenvalue weighted by Crippen LogP contribution is 2.20. The molecule has 0 fully saturated rings. The van der Waals surface area contributed by atoms with Gasteiger partial charge in [0.25, 0.3) is 5.91 Å². The van der Waals surface area contributed by atoms with E-state index in [0.717, 1.165) is 0 Å². The topological polar surface area (TPSA) is 90.9 Å². The van der Waals surface area contributed by atoms with Crippen LogP contribution in [0.5, 0.6) is 5.75 Å². The molecule has 3 aromatic rings. The number of carbonyl (C=O) groups excluding carboxylic acids is 1. The monoisotopic (exact) mass is 254 g/mol. The lowest BCUT2D eigenvalue weighted by molar-refractivity contribution is 0.102. The van der Waals surface area contributed by atoms with Gasteiger partial charge in [-0.05, 0) is 30.3 Å². The van der Waals surface area contributed by atoms with Crippen molar-refractivity contribution in [1.82, 2.24) is 15.4 Å². The highest BCUT2D eigenvalue weighted by atomic mass is 16.3. The summed E-state index contributed by atoms with van der Waals surface area (Å²) < 4.78 is 0.